The van der Waals surface area contributed by atoms with Gasteiger partial charge in [-0.3, -0.25) is 9.59 Å². The number of nitrogens with zero attached hydrogens (tertiary/aromatic N) is 1. The van der Waals surface area contributed by atoms with Gasteiger partial charge in [0.1, 0.15) is 5.56 Å². The number of piperidine rings is 1. The van der Waals surface area contributed by atoms with Gasteiger partial charge in [-0.05, 0) is 56.5 Å². The summed E-state index contributed by atoms with van der Waals surface area (Å²) in [7, 11) is 0. The number of aromatic nitrogens is 2. The summed E-state index contributed by atoms with van der Waals surface area (Å²) in [6.07, 6.45) is 5.78. The molecule has 3 N–H and O–H groups in total. The molecule has 0 bridgehead atoms. The van der Waals surface area contributed by atoms with Crippen LogP contribution in [0.3, 0.4) is 0 Å². The number of H-pyrrole nitrogens is 1. The Hall–Kier alpha value is -2.86. The van der Waals surface area contributed by atoms with Crippen molar-refractivity contribution in [2.45, 2.75) is 26.3 Å². The molecule has 1 amide bonds. The molecular weight excluding hydrogens is 340 g/mol. The number of para-hydroxylation sites is 1. The van der Waals surface area contributed by atoms with Crippen LogP contribution < -0.4 is 16.2 Å². The molecular formula is C21H24N4O2. The van der Waals surface area contributed by atoms with Gasteiger partial charge < -0.3 is 20.2 Å². The maximum Gasteiger partial charge on any atom is 0.263 e. The van der Waals surface area contributed by atoms with Gasteiger partial charge in [-0.1, -0.05) is 18.2 Å². The number of fused-ring (bicyclic) bond motifs is 1. The Bertz CT molecular complexity index is 1030. The summed E-state index contributed by atoms with van der Waals surface area (Å²) < 4.78 is 1.68. The molecule has 0 aliphatic carbocycles. The van der Waals surface area contributed by atoms with Gasteiger partial charge >= 0.3 is 0 Å². The maximum atomic E-state index is 13.0. The van der Waals surface area contributed by atoms with Gasteiger partial charge in [0.25, 0.3) is 11.5 Å². The molecule has 0 saturated carbocycles. The highest BCUT2D eigenvalue weighted by atomic mass is 16.2. The molecule has 0 radical (unpaired) electrons. The van der Waals surface area contributed by atoms with E-state index in [1.165, 1.54) is 0 Å². The molecule has 1 aliphatic heterocycles. The lowest BCUT2D eigenvalue weighted by Crippen LogP contribution is -2.36. The van der Waals surface area contributed by atoms with Crippen molar-refractivity contribution in [2.24, 2.45) is 5.92 Å². The first-order valence-corrected chi connectivity index (χ1v) is 9.41. The van der Waals surface area contributed by atoms with Crippen molar-refractivity contribution in [3.8, 4) is 0 Å². The van der Waals surface area contributed by atoms with Crippen molar-refractivity contribution in [3.63, 3.8) is 0 Å². The minimum atomic E-state index is -0.363. The lowest BCUT2D eigenvalue weighted by molar-refractivity contribution is 0.102. The Balaban J connectivity index is 1.61. The van der Waals surface area contributed by atoms with Crippen molar-refractivity contribution in [2.75, 3.05) is 18.4 Å². The van der Waals surface area contributed by atoms with Crippen molar-refractivity contribution >= 4 is 22.5 Å². The number of hydrogen-bond acceptors (Lipinski definition) is 3. The summed E-state index contributed by atoms with van der Waals surface area (Å²) in [5.41, 5.74) is 2.31. The summed E-state index contributed by atoms with van der Waals surface area (Å²) in [6.45, 7) is 4.40. The molecule has 2 aromatic heterocycles. The molecule has 3 heterocycles. The van der Waals surface area contributed by atoms with Crippen molar-refractivity contribution in [3.05, 3.63) is 64.2 Å². The Labute approximate surface area is 157 Å². The van der Waals surface area contributed by atoms with E-state index in [4.69, 9.17) is 0 Å². The third-order valence-electron chi connectivity index (χ3n) is 5.29. The number of anilines is 1. The second-order valence-corrected chi connectivity index (χ2v) is 7.25. The summed E-state index contributed by atoms with van der Waals surface area (Å²) in [5.74, 6) is 0.0575. The SMILES string of the molecule is Cc1ccn(CC2CCCNC2)c(=O)c1C(=O)Nc1c[nH]c2ccccc12. The van der Waals surface area contributed by atoms with E-state index in [1.54, 1.807) is 23.9 Å². The lowest BCUT2D eigenvalue weighted by Gasteiger charge is -2.23. The average Bonchev–Trinajstić information content (AvgIpc) is 3.08. The minimum Gasteiger partial charge on any atom is -0.359 e. The highest BCUT2D eigenvalue weighted by molar-refractivity contribution is 6.09. The van der Waals surface area contributed by atoms with Crippen LogP contribution in [0.1, 0.15) is 28.8 Å². The Morgan fingerprint density at radius 2 is 2.15 bits per heavy atom. The zero-order valence-electron chi connectivity index (χ0n) is 15.4. The van der Waals surface area contributed by atoms with E-state index in [2.05, 4.69) is 15.6 Å². The third-order valence-corrected chi connectivity index (χ3v) is 5.29. The van der Waals surface area contributed by atoms with Crippen LogP contribution >= 0.6 is 0 Å². The van der Waals surface area contributed by atoms with E-state index >= 15 is 0 Å². The number of hydrogen-bond donors (Lipinski definition) is 3. The zero-order chi connectivity index (χ0) is 18.8. The molecule has 27 heavy (non-hydrogen) atoms. The number of aromatic amines is 1. The number of rotatable bonds is 4. The molecule has 3 aromatic rings. The second kappa shape index (κ2) is 7.40. The number of nitrogens with one attached hydrogen (secondary N) is 3. The molecule has 1 fully saturated rings. The fourth-order valence-corrected chi connectivity index (χ4v) is 3.80. The summed E-state index contributed by atoms with van der Waals surface area (Å²) in [4.78, 5) is 29.0. The number of aryl methyl sites for hydroxylation is 1. The first kappa shape index (κ1) is 17.5. The van der Waals surface area contributed by atoms with Gasteiger partial charge in [0.2, 0.25) is 0 Å². The van der Waals surface area contributed by atoms with Gasteiger partial charge in [-0.2, -0.15) is 0 Å². The molecule has 6 nitrogen and oxygen atoms in total. The summed E-state index contributed by atoms with van der Waals surface area (Å²) in [5, 5.41) is 7.19. The first-order valence-electron chi connectivity index (χ1n) is 9.41. The maximum absolute atomic E-state index is 13.0. The Morgan fingerprint density at radius 3 is 2.96 bits per heavy atom. The van der Waals surface area contributed by atoms with Gasteiger partial charge in [0.05, 0.1) is 5.69 Å². The first-order chi connectivity index (χ1) is 13.1. The Morgan fingerprint density at radius 1 is 1.30 bits per heavy atom. The van der Waals surface area contributed by atoms with Gasteiger partial charge in [0.15, 0.2) is 0 Å². The van der Waals surface area contributed by atoms with Gasteiger partial charge in [-0.25, -0.2) is 0 Å². The van der Waals surface area contributed by atoms with Crippen LogP contribution in [0.5, 0.6) is 0 Å². The Kier molecular flexibility index (Phi) is 4.81. The zero-order valence-corrected chi connectivity index (χ0v) is 15.4. The van der Waals surface area contributed by atoms with E-state index in [1.807, 2.05) is 30.3 Å². The second-order valence-electron chi connectivity index (χ2n) is 7.25. The van der Waals surface area contributed by atoms with E-state index in [9.17, 15) is 9.59 Å². The smallest absolute Gasteiger partial charge is 0.263 e. The third kappa shape index (κ3) is 3.53. The van der Waals surface area contributed by atoms with E-state index in [0.717, 1.165) is 36.8 Å². The molecule has 140 valence electrons. The van der Waals surface area contributed by atoms with E-state index in [-0.39, 0.29) is 17.0 Å². The molecule has 6 heteroatoms. The largest absolute Gasteiger partial charge is 0.359 e. The quantitative estimate of drug-likeness (QED) is 0.666. The molecule has 1 aromatic carbocycles. The highest BCUT2D eigenvalue weighted by Gasteiger charge is 2.20. The predicted molar refractivity (Wildman–Crippen MR) is 107 cm³/mol. The van der Waals surface area contributed by atoms with Gasteiger partial charge in [0, 0.05) is 29.8 Å². The fourth-order valence-electron chi connectivity index (χ4n) is 3.80. The van der Waals surface area contributed by atoms with Crippen LogP contribution in [-0.2, 0) is 6.54 Å². The number of amides is 1. The minimum absolute atomic E-state index is 0.214. The normalized spacial score (nSPS) is 17.1. The number of benzene rings is 1. The number of carbonyl (C=O) groups is 1. The molecule has 0 spiro atoms. The molecule has 1 aliphatic rings. The van der Waals surface area contributed by atoms with Crippen LogP contribution in [0, 0.1) is 12.8 Å². The number of carbonyl (C=O) groups excluding carboxylic acids is 1. The molecule has 4 rings (SSSR count). The van der Waals surface area contributed by atoms with E-state index < -0.39 is 0 Å². The van der Waals surface area contributed by atoms with Crippen molar-refractivity contribution in [1.29, 1.82) is 0 Å². The highest BCUT2D eigenvalue weighted by Crippen LogP contribution is 2.23. The van der Waals surface area contributed by atoms with Crippen LogP contribution in [0.15, 0.2) is 47.5 Å². The average molecular weight is 364 g/mol. The topological polar surface area (TPSA) is 78.9 Å². The number of pyridine rings is 1. The van der Waals surface area contributed by atoms with Crippen LogP contribution in [-0.4, -0.2) is 28.5 Å². The van der Waals surface area contributed by atoms with Crippen LogP contribution in [0.25, 0.3) is 10.9 Å². The molecule has 1 unspecified atom stereocenters. The van der Waals surface area contributed by atoms with Crippen LogP contribution in [0.2, 0.25) is 0 Å². The monoisotopic (exact) mass is 364 g/mol. The van der Waals surface area contributed by atoms with Crippen LogP contribution in [0.4, 0.5) is 5.69 Å². The van der Waals surface area contributed by atoms with Crippen molar-refractivity contribution in [1.82, 2.24) is 14.9 Å². The fraction of sp³-hybridized carbons (Fsp3) is 0.333. The summed E-state index contributed by atoms with van der Waals surface area (Å²) >= 11 is 0. The van der Waals surface area contributed by atoms with Gasteiger partial charge in [-0.15, -0.1) is 0 Å². The standard InChI is InChI=1S/C21H24N4O2/c1-14-8-10-25(13-15-5-4-9-22-11-15)21(27)19(14)20(26)24-18-12-23-17-7-3-2-6-16(17)18/h2-3,6-8,10,12,15,22-23H,4-5,9,11,13H2,1H3,(H,24,26). The van der Waals surface area contributed by atoms with Crippen molar-refractivity contribution < 1.29 is 4.79 Å². The molecule has 1 atom stereocenters. The molecule has 1 saturated heterocycles. The van der Waals surface area contributed by atoms with E-state index in [0.29, 0.717) is 23.7 Å². The lowest BCUT2D eigenvalue weighted by atomic mass is 9.99. The summed E-state index contributed by atoms with van der Waals surface area (Å²) in [6, 6.07) is 9.59. The predicted octanol–water partition coefficient (Wildman–Crippen LogP) is 2.89.